The van der Waals surface area contributed by atoms with Gasteiger partial charge in [-0.15, -0.1) is 23.2 Å². The molecular formula is C23H41Cl2NO4. The summed E-state index contributed by atoms with van der Waals surface area (Å²) in [5.74, 6) is 0.417. The number of carbonyl (C=O) groups excluding carboxylic acids is 2. The van der Waals surface area contributed by atoms with Crippen molar-refractivity contribution in [3.63, 3.8) is 0 Å². The molecular weight excluding hydrogens is 425 g/mol. The average Bonchev–Trinajstić information content (AvgIpc) is 2.72. The number of methoxy groups -OCH3 is 1. The van der Waals surface area contributed by atoms with Crippen LogP contribution in [-0.4, -0.2) is 61.4 Å². The van der Waals surface area contributed by atoms with Gasteiger partial charge in [-0.2, -0.15) is 0 Å². The molecule has 0 aliphatic carbocycles. The molecule has 0 saturated carbocycles. The van der Waals surface area contributed by atoms with Gasteiger partial charge < -0.3 is 14.4 Å². The van der Waals surface area contributed by atoms with E-state index in [1.54, 1.807) is 19.1 Å². The molecule has 0 saturated heterocycles. The Hall–Kier alpha value is -0.780. The molecule has 0 rings (SSSR count). The minimum absolute atomic E-state index is 0.0184. The number of ether oxygens (including phenoxy) is 2. The van der Waals surface area contributed by atoms with Gasteiger partial charge in [0.1, 0.15) is 6.61 Å². The molecule has 0 aromatic carbocycles. The zero-order valence-corrected chi connectivity index (χ0v) is 20.6. The van der Waals surface area contributed by atoms with E-state index in [1.807, 2.05) is 0 Å². The van der Waals surface area contributed by atoms with Crippen LogP contribution in [0.5, 0.6) is 0 Å². The Morgan fingerprint density at radius 3 is 2.23 bits per heavy atom. The molecule has 0 aliphatic rings. The van der Waals surface area contributed by atoms with Crippen molar-refractivity contribution in [2.24, 2.45) is 0 Å². The quantitative estimate of drug-likeness (QED) is 0.106. The molecule has 0 spiro atoms. The third-order valence-electron chi connectivity index (χ3n) is 5.01. The van der Waals surface area contributed by atoms with Crippen molar-refractivity contribution >= 4 is 35.1 Å². The van der Waals surface area contributed by atoms with Gasteiger partial charge >= 0.3 is 5.97 Å². The Labute approximate surface area is 193 Å². The van der Waals surface area contributed by atoms with Crippen molar-refractivity contribution in [1.82, 2.24) is 4.90 Å². The molecule has 1 amide bonds. The highest BCUT2D eigenvalue weighted by Crippen LogP contribution is 2.17. The summed E-state index contributed by atoms with van der Waals surface area (Å²) in [6.07, 6.45) is 15.5. The number of hydrogen-bond donors (Lipinski definition) is 0. The van der Waals surface area contributed by atoms with Gasteiger partial charge in [-0.05, 0) is 38.5 Å². The zero-order chi connectivity index (χ0) is 22.6. The zero-order valence-electron chi connectivity index (χ0n) is 19.0. The second kappa shape index (κ2) is 20.1. The van der Waals surface area contributed by atoms with Crippen molar-refractivity contribution in [2.45, 2.75) is 89.0 Å². The van der Waals surface area contributed by atoms with Crippen molar-refractivity contribution in [2.75, 3.05) is 33.3 Å². The number of rotatable bonds is 19. The molecule has 0 bridgehead atoms. The first-order valence-corrected chi connectivity index (χ1v) is 12.1. The van der Waals surface area contributed by atoms with Crippen LogP contribution in [0.3, 0.4) is 0 Å². The Balaban J connectivity index is 3.85. The second-order valence-corrected chi connectivity index (χ2v) is 8.70. The summed E-state index contributed by atoms with van der Waals surface area (Å²) in [5.41, 5.74) is 0. The predicted molar refractivity (Wildman–Crippen MR) is 125 cm³/mol. The van der Waals surface area contributed by atoms with Crippen LogP contribution in [0.1, 0.15) is 77.6 Å². The van der Waals surface area contributed by atoms with Crippen molar-refractivity contribution in [3.8, 4) is 0 Å². The molecule has 30 heavy (non-hydrogen) atoms. The van der Waals surface area contributed by atoms with Gasteiger partial charge in [-0.1, -0.05) is 37.8 Å². The summed E-state index contributed by atoms with van der Waals surface area (Å²) in [5, 5.41) is 0.283. The van der Waals surface area contributed by atoms with Crippen LogP contribution >= 0.6 is 23.2 Å². The Morgan fingerprint density at radius 2 is 1.60 bits per heavy atom. The maximum absolute atomic E-state index is 12.3. The van der Waals surface area contributed by atoms with Crippen molar-refractivity contribution in [3.05, 3.63) is 12.2 Å². The van der Waals surface area contributed by atoms with Gasteiger partial charge in [-0.25, -0.2) is 0 Å². The van der Waals surface area contributed by atoms with Gasteiger partial charge in [0.15, 0.2) is 0 Å². The number of halogens is 2. The van der Waals surface area contributed by atoms with E-state index in [-0.39, 0.29) is 29.9 Å². The van der Waals surface area contributed by atoms with Gasteiger partial charge in [0.25, 0.3) is 0 Å². The van der Waals surface area contributed by atoms with E-state index in [4.69, 9.17) is 32.7 Å². The molecule has 5 nitrogen and oxygen atoms in total. The second-order valence-electron chi connectivity index (χ2n) is 7.70. The van der Waals surface area contributed by atoms with E-state index >= 15 is 0 Å². The molecule has 2 unspecified atom stereocenters. The fourth-order valence-electron chi connectivity index (χ4n) is 3.09. The lowest BCUT2D eigenvalue weighted by Gasteiger charge is -2.27. The Morgan fingerprint density at radius 1 is 0.967 bits per heavy atom. The third kappa shape index (κ3) is 17.0. The number of carbonyl (C=O) groups is 2. The third-order valence-corrected chi connectivity index (χ3v) is 5.71. The van der Waals surface area contributed by atoms with Gasteiger partial charge in [-0.3, -0.25) is 9.59 Å². The predicted octanol–water partition coefficient (Wildman–Crippen LogP) is 5.72. The lowest BCUT2D eigenvalue weighted by Crippen LogP contribution is -2.43. The van der Waals surface area contributed by atoms with Crippen LogP contribution in [0, 0.1) is 0 Å². The minimum atomic E-state index is -0.359. The summed E-state index contributed by atoms with van der Waals surface area (Å²) in [6, 6.07) is -0.265. The van der Waals surface area contributed by atoms with Crippen molar-refractivity contribution < 1.29 is 19.1 Å². The van der Waals surface area contributed by atoms with Crippen LogP contribution in [-0.2, 0) is 19.1 Å². The summed E-state index contributed by atoms with van der Waals surface area (Å²) >= 11 is 12.1. The molecule has 0 aromatic rings. The molecule has 176 valence electrons. The first kappa shape index (κ1) is 29.2. The Kier molecular flexibility index (Phi) is 19.6. The molecule has 0 fully saturated rings. The summed E-state index contributed by atoms with van der Waals surface area (Å²) < 4.78 is 10.1. The molecule has 0 aliphatic heterocycles. The van der Waals surface area contributed by atoms with Gasteiger partial charge in [0.05, 0.1) is 12.6 Å². The number of nitrogens with zero attached hydrogens (tertiary/aromatic N) is 1. The lowest BCUT2D eigenvalue weighted by molar-refractivity contribution is -0.146. The van der Waals surface area contributed by atoms with E-state index < -0.39 is 0 Å². The monoisotopic (exact) mass is 465 g/mol. The number of unbranched alkanes of at least 4 members (excludes halogenated alkanes) is 5. The van der Waals surface area contributed by atoms with Crippen LogP contribution in [0.25, 0.3) is 0 Å². The van der Waals surface area contributed by atoms with E-state index in [0.717, 1.165) is 44.4 Å². The number of esters is 1. The minimum Gasteiger partial charge on any atom is -0.464 e. The van der Waals surface area contributed by atoms with Crippen LogP contribution in [0.15, 0.2) is 12.2 Å². The number of allylic oxidation sites excluding steroid dienone is 2. The fraction of sp³-hybridized carbons (Fsp3) is 0.826. The van der Waals surface area contributed by atoms with Crippen molar-refractivity contribution in [1.29, 1.82) is 0 Å². The molecule has 0 radical (unpaired) electrons. The number of amides is 1. The van der Waals surface area contributed by atoms with E-state index in [1.165, 1.54) is 26.2 Å². The van der Waals surface area contributed by atoms with E-state index in [9.17, 15) is 9.59 Å². The highest BCUT2D eigenvalue weighted by molar-refractivity contribution is 6.20. The maximum atomic E-state index is 12.3. The standard InChI is InChI=1S/C23H41Cl2NO4/c1-20(27)30-19-22(18-29-3)26(2)23(28)16-12-7-5-4-6-10-14-21(25)15-11-8-9-13-17-24/h5,7,21-22H,4,6,8-19H2,1-3H3/b7-5+. The molecule has 0 heterocycles. The lowest BCUT2D eigenvalue weighted by atomic mass is 10.1. The topological polar surface area (TPSA) is 55.8 Å². The normalized spacial score (nSPS) is 13.4. The fourth-order valence-corrected chi connectivity index (χ4v) is 3.58. The maximum Gasteiger partial charge on any atom is 0.302 e. The van der Waals surface area contributed by atoms with Crippen LogP contribution in [0.4, 0.5) is 0 Å². The molecule has 7 heteroatoms. The molecule has 0 N–H and O–H groups in total. The smallest absolute Gasteiger partial charge is 0.302 e. The molecule has 0 aromatic heterocycles. The first-order chi connectivity index (χ1) is 14.4. The summed E-state index contributed by atoms with van der Waals surface area (Å²) in [7, 11) is 3.29. The average molecular weight is 466 g/mol. The highest BCUT2D eigenvalue weighted by atomic mass is 35.5. The van der Waals surface area contributed by atoms with E-state index in [0.29, 0.717) is 19.4 Å². The summed E-state index contributed by atoms with van der Waals surface area (Å²) in [6.45, 7) is 1.84. The summed E-state index contributed by atoms with van der Waals surface area (Å²) in [4.78, 5) is 24.9. The number of hydrogen-bond acceptors (Lipinski definition) is 4. The SMILES string of the molecule is COCC(COC(C)=O)N(C)C(=O)CC/C=C/CCCCC(Cl)CCCCCCCl. The first-order valence-electron chi connectivity index (χ1n) is 11.1. The number of alkyl halides is 2. The largest absolute Gasteiger partial charge is 0.464 e. The number of likely N-dealkylation sites (N-methyl/N-ethyl adjacent to an activating group) is 1. The van der Waals surface area contributed by atoms with E-state index in [2.05, 4.69) is 12.2 Å². The highest BCUT2D eigenvalue weighted by Gasteiger charge is 2.20. The van der Waals surface area contributed by atoms with Gasteiger partial charge in [0.2, 0.25) is 5.91 Å². The molecule has 2 atom stereocenters. The van der Waals surface area contributed by atoms with Crippen LogP contribution in [0.2, 0.25) is 0 Å². The van der Waals surface area contributed by atoms with Gasteiger partial charge in [0, 0.05) is 38.8 Å². The van der Waals surface area contributed by atoms with Crippen LogP contribution < -0.4 is 0 Å². The Bertz CT molecular complexity index is 474.